The van der Waals surface area contributed by atoms with Crippen LogP contribution < -0.4 is 15.4 Å². The topological polar surface area (TPSA) is 106 Å². The van der Waals surface area contributed by atoms with Crippen LogP contribution in [0, 0.1) is 12.7 Å². The van der Waals surface area contributed by atoms with Gasteiger partial charge in [0.15, 0.2) is 11.6 Å². The van der Waals surface area contributed by atoms with E-state index in [1.165, 1.54) is 12.1 Å². The van der Waals surface area contributed by atoms with Gasteiger partial charge < -0.3 is 20.5 Å². The summed E-state index contributed by atoms with van der Waals surface area (Å²) in [5.74, 6) is -2.04. The molecule has 7 nitrogen and oxygen atoms in total. The van der Waals surface area contributed by atoms with Crippen LogP contribution in [-0.2, 0) is 4.79 Å². The minimum absolute atomic E-state index is 0.0819. The number of hydrogen-bond donors (Lipinski definition) is 2. The second-order valence-electron chi connectivity index (χ2n) is 6.56. The minimum Gasteiger partial charge on any atom is -0.478 e. The molecule has 3 N–H and O–H groups in total. The van der Waals surface area contributed by atoms with Crippen LogP contribution in [0.5, 0.6) is 5.75 Å². The molecule has 0 aliphatic carbocycles. The van der Waals surface area contributed by atoms with Gasteiger partial charge in [0, 0.05) is 32.1 Å². The number of piperidine rings is 1. The lowest BCUT2D eigenvalue weighted by Crippen LogP contribution is -2.53. The number of carbonyl (C=O) groups excluding carboxylic acids is 1. The number of primary amides is 1. The molecule has 27 heavy (non-hydrogen) atoms. The van der Waals surface area contributed by atoms with E-state index in [1.54, 1.807) is 36.2 Å². The zero-order valence-electron chi connectivity index (χ0n) is 14.8. The molecule has 3 rings (SSSR count). The zero-order chi connectivity index (χ0) is 19.6. The van der Waals surface area contributed by atoms with Gasteiger partial charge in [0.2, 0.25) is 5.60 Å². The molecule has 0 atom stereocenters. The highest BCUT2D eigenvalue weighted by Gasteiger charge is 2.45. The van der Waals surface area contributed by atoms with Gasteiger partial charge in [-0.2, -0.15) is 0 Å². The van der Waals surface area contributed by atoms with E-state index in [0.29, 0.717) is 5.82 Å². The maximum Gasteiger partial charge on any atom is 0.348 e. The fourth-order valence-corrected chi connectivity index (χ4v) is 3.18. The Morgan fingerprint density at radius 3 is 2.63 bits per heavy atom. The smallest absolute Gasteiger partial charge is 0.348 e. The number of benzene rings is 1. The van der Waals surface area contributed by atoms with E-state index >= 15 is 0 Å². The molecule has 8 heteroatoms. The number of aliphatic carboxylic acids is 1. The summed E-state index contributed by atoms with van der Waals surface area (Å²) in [4.78, 5) is 29.5. The van der Waals surface area contributed by atoms with E-state index in [4.69, 9.17) is 10.5 Å². The number of amides is 1. The van der Waals surface area contributed by atoms with E-state index < -0.39 is 23.3 Å². The Balaban J connectivity index is 1.83. The average Bonchev–Trinajstić information content (AvgIpc) is 2.65. The molecule has 0 bridgehead atoms. The van der Waals surface area contributed by atoms with Crippen LogP contribution >= 0.6 is 0 Å². The number of halogens is 1. The molecule has 1 aromatic carbocycles. The lowest BCUT2D eigenvalue weighted by atomic mass is 9.90. The summed E-state index contributed by atoms with van der Waals surface area (Å²) < 4.78 is 19.7. The molecule has 142 valence electrons. The summed E-state index contributed by atoms with van der Waals surface area (Å²) in [5.41, 5.74) is 4.88. The summed E-state index contributed by atoms with van der Waals surface area (Å²) in [6.45, 7) is 2.32. The normalized spacial score (nSPS) is 16.0. The standard InChI is InChI=1S/C19H20FN3O4/c1-12-4-5-14(20)15(11-12)27-19(18(25)26)6-9-23(10-7-19)17-13(16(21)24)3-2-8-22-17/h2-5,8,11H,6-7,9-10H2,1H3,(H2,21,24)(H,25,26). The molecule has 0 saturated carbocycles. The van der Waals surface area contributed by atoms with Crippen LogP contribution in [0.15, 0.2) is 36.5 Å². The Kier molecular flexibility index (Phi) is 4.98. The van der Waals surface area contributed by atoms with Crippen molar-refractivity contribution in [2.75, 3.05) is 18.0 Å². The zero-order valence-corrected chi connectivity index (χ0v) is 14.8. The van der Waals surface area contributed by atoms with Crippen molar-refractivity contribution in [3.05, 3.63) is 53.5 Å². The lowest BCUT2D eigenvalue weighted by Gasteiger charge is -2.39. The van der Waals surface area contributed by atoms with Gasteiger partial charge in [-0.25, -0.2) is 14.2 Å². The predicted molar refractivity (Wildman–Crippen MR) is 96.3 cm³/mol. The van der Waals surface area contributed by atoms with Crippen molar-refractivity contribution in [1.82, 2.24) is 4.98 Å². The van der Waals surface area contributed by atoms with Crippen LogP contribution in [0.25, 0.3) is 0 Å². The molecular weight excluding hydrogens is 353 g/mol. The first kappa shape index (κ1) is 18.6. The van der Waals surface area contributed by atoms with Crippen molar-refractivity contribution < 1.29 is 23.8 Å². The summed E-state index contributed by atoms with van der Waals surface area (Å²) in [6.07, 6.45) is 1.74. The van der Waals surface area contributed by atoms with Gasteiger partial charge in [0.05, 0.1) is 5.56 Å². The van der Waals surface area contributed by atoms with E-state index in [2.05, 4.69) is 4.98 Å². The fourth-order valence-electron chi connectivity index (χ4n) is 3.18. The molecule has 1 aliphatic rings. The Hall–Kier alpha value is -3.16. The molecule has 0 spiro atoms. The molecule has 1 aliphatic heterocycles. The number of pyridine rings is 1. The Morgan fingerprint density at radius 2 is 2.00 bits per heavy atom. The maximum absolute atomic E-state index is 14.1. The third-order valence-electron chi connectivity index (χ3n) is 4.70. The maximum atomic E-state index is 14.1. The number of ether oxygens (including phenoxy) is 1. The lowest BCUT2D eigenvalue weighted by molar-refractivity contribution is -0.157. The number of carbonyl (C=O) groups is 2. The number of rotatable bonds is 5. The SMILES string of the molecule is Cc1ccc(F)c(OC2(C(=O)O)CCN(c3ncccc3C(N)=O)CC2)c1. The first-order valence-corrected chi connectivity index (χ1v) is 8.51. The number of nitrogens with two attached hydrogens (primary N) is 1. The largest absolute Gasteiger partial charge is 0.478 e. The summed E-state index contributed by atoms with van der Waals surface area (Å²) >= 11 is 0. The van der Waals surface area contributed by atoms with Crippen molar-refractivity contribution in [3.63, 3.8) is 0 Å². The molecule has 0 radical (unpaired) electrons. The van der Waals surface area contributed by atoms with Gasteiger partial charge in [-0.15, -0.1) is 0 Å². The predicted octanol–water partition coefficient (Wildman–Crippen LogP) is 2.13. The first-order valence-electron chi connectivity index (χ1n) is 8.51. The molecule has 0 unspecified atom stereocenters. The third kappa shape index (κ3) is 3.69. The van der Waals surface area contributed by atoms with E-state index in [1.807, 2.05) is 0 Å². The van der Waals surface area contributed by atoms with Crippen LogP contribution in [0.1, 0.15) is 28.8 Å². The average molecular weight is 373 g/mol. The van der Waals surface area contributed by atoms with E-state index in [-0.39, 0.29) is 37.2 Å². The van der Waals surface area contributed by atoms with Crippen molar-refractivity contribution >= 4 is 17.7 Å². The quantitative estimate of drug-likeness (QED) is 0.832. The molecule has 1 saturated heterocycles. The number of nitrogens with zero attached hydrogens (tertiary/aromatic N) is 2. The molecule has 2 aromatic rings. The molecule has 1 aromatic heterocycles. The van der Waals surface area contributed by atoms with Gasteiger partial charge >= 0.3 is 5.97 Å². The second-order valence-corrected chi connectivity index (χ2v) is 6.56. The van der Waals surface area contributed by atoms with Gasteiger partial charge in [0.25, 0.3) is 5.91 Å². The Bertz CT molecular complexity index is 879. The highest BCUT2D eigenvalue weighted by atomic mass is 19.1. The first-order chi connectivity index (χ1) is 12.8. The molecule has 2 heterocycles. The van der Waals surface area contributed by atoms with Gasteiger partial charge in [0.1, 0.15) is 5.82 Å². The van der Waals surface area contributed by atoms with Crippen LogP contribution in [-0.4, -0.2) is 40.7 Å². The number of carboxylic acids is 1. The highest BCUT2D eigenvalue weighted by molar-refractivity contribution is 5.97. The second kappa shape index (κ2) is 7.22. The fraction of sp³-hybridized carbons (Fsp3) is 0.316. The highest BCUT2D eigenvalue weighted by Crippen LogP contribution is 2.33. The molecular formula is C19H20FN3O4. The number of anilines is 1. The minimum atomic E-state index is -1.55. The molecule has 1 amide bonds. The van der Waals surface area contributed by atoms with Crippen LogP contribution in [0.3, 0.4) is 0 Å². The Morgan fingerprint density at radius 1 is 1.30 bits per heavy atom. The van der Waals surface area contributed by atoms with Crippen LogP contribution in [0.2, 0.25) is 0 Å². The summed E-state index contributed by atoms with van der Waals surface area (Å²) in [5, 5.41) is 9.75. The van der Waals surface area contributed by atoms with Gasteiger partial charge in [-0.05, 0) is 36.8 Å². The van der Waals surface area contributed by atoms with Gasteiger partial charge in [-0.1, -0.05) is 6.07 Å². The van der Waals surface area contributed by atoms with Gasteiger partial charge in [-0.3, -0.25) is 4.79 Å². The van der Waals surface area contributed by atoms with Crippen molar-refractivity contribution in [3.8, 4) is 5.75 Å². The number of aromatic nitrogens is 1. The number of hydrogen-bond acceptors (Lipinski definition) is 5. The summed E-state index contributed by atoms with van der Waals surface area (Å²) in [7, 11) is 0. The monoisotopic (exact) mass is 373 g/mol. The van der Waals surface area contributed by atoms with E-state index in [0.717, 1.165) is 5.56 Å². The van der Waals surface area contributed by atoms with Crippen LogP contribution in [0.4, 0.5) is 10.2 Å². The van der Waals surface area contributed by atoms with E-state index in [9.17, 15) is 19.1 Å². The summed E-state index contributed by atoms with van der Waals surface area (Å²) in [6, 6.07) is 7.50. The number of aryl methyl sites for hydroxylation is 1. The van der Waals surface area contributed by atoms with Crippen molar-refractivity contribution in [2.45, 2.75) is 25.4 Å². The van der Waals surface area contributed by atoms with Crippen molar-refractivity contribution in [1.29, 1.82) is 0 Å². The third-order valence-corrected chi connectivity index (χ3v) is 4.70. The molecule has 1 fully saturated rings. The number of carboxylic acid groups (broad SMARTS) is 1. The van der Waals surface area contributed by atoms with Crippen molar-refractivity contribution in [2.24, 2.45) is 5.73 Å². The Labute approximate surface area is 155 Å².